The first-order chi connectivity index (χ1) is 12.9. The summed E-state index contributed by atoms with van der Waals surface area (Å²) in [6, 6.07) is 10.8. The van der Waals surface area contributed by atoms with Gasteiger partial charge in [-0.3, -0.25) is 4.90 Å². The second kappa shape index (κ2) is 7.38. The summed E-state index contributed by atoms with van der Waals surface area (Å²) in [6.07, 6.45) is 3.04. The van der Waals surface area contributed by atoms with Crippen LogP contribution < -0.4 is 0 Å². The number of likely N-dealkylation sites (tertiary alicyclic amines) is 2. The summed E-state index contributed by atoms with van der Waals surface area (Å²) in [5, 5.41) is 15.4. The van der Waals surface area contributed by atoms with Crippen molar-refractivity contribution in [3.05, 3.63) is 47.3 Å². The normalized spacial score (nSPS) is 27.3. The highest BCUT2D eigenvalue weighted by Crippen LogP contribution is 2.38. The third kappa shape index (κ3) is 3.82. The van der Waals surface area contributed by atoms with Crippen molar-refractivity contribution < 1.29 is 5.11 Å². The van der Waals surface area contributed by atoms with Crippen LogP contribution in [0.2, 0.25) is 0 Å². The van der Waals surface area contributed by atoms with E-state index in [9.17, 15) is 5.11 Å². The average Bonchev–Trinajstić information content (AvgIpc) is 2.97. The highest BCUT2D eigenvalue weighted by molar-refractivity contribution is 5.37. The van der Waals surface area contributed by atoms with Crippen molar-refractivity contribution in [2.24, 2.45) is 5.41 Å². The number of piperidine rings is 2. The fourth-order valence-corrected chi connectivity index (χ4v) is 5.10. The molecule has 2 aliphatic heterocycles. The molecule has 0 bridgehead atoms. The monoisotopic (exact) mass is 368 g/mol. The van der Waals surface area contributed by atoms with Crippen molar-refractivity contribution in [2.45, 2.75) is 45.8 Å². The summed E-state index contributed by atoms with van der Waals surface area (Å²) >= 11 is 0. The van der Waals surface area contributed by atoms with E-state index >= 15 is 0 Å². The SMILES string of the molecule is Cc1cc(C)n(-c2cccc(CN3CCC[C@]4(CN(C)CC[C@@H]4O)C3)c2)n1. The number of hydrogen-bond donors (Lipinski definition) is 1. The molecule has 2 saturated heterocycles. The summed E-state index contributed by atoms with van der Waals surface area (Å²) in [5.74, 6) is 0. The van der Waals surface area contributed by atoms with Crippen molar-refractivity contribution in [3.8, 4) is 5.69 Å². The number of benzene rings is 1. The van der Waals surface area contributed by atoms with Gasteiger partial charge in [-0.05, 0) is 70.5 Å². The Morgan fingerprint density at radius 3 is 2.81 bits per heavy atom. The zero-order valence-corrected chi connectivity index (χ0v) is 16.9. The van der Waals surface area contributed by atoms with Gasteiger partial charge in [-0.25, -0.2) is 4.68 Å². The maximum atomic E-state index is 10.7. The molecule has 0 unspecified atom stereocenters. The summed E-state index contributed by atoms with van der Waals surface area (Å²) in [5.41, 5.74) is 4.69. The second-order valence-corrected chi connectivity index (χ2v) is 8.73. The van der Waals surface area contributed by atoms with E-state index in [1.54, 1.807) is 0 Å². The highest BCUT2D eigenvalue weighted by Gasteiger charge is 2.44. The first-order valence-corrected chi connectivity index (χ1v) is 10.2. The van der Waals surface area contributed by atoms with Gasteiger partial charge in [0, 0.05) is 37.3 Å². The van der Waals surface area contributed by atoms with Gasteiger partial charge in [0.15, 0.2) is 0 Å². The van der Waals surface area contributed by atoms with Gasteiger partial charge in [0.25, 0.3) is 0 Å². The van der Waals surface area contributed by atoms with E-state index in [1.807, 2.05) is 11.6 Å². The van der Waals surface area contributed by atoms with Crippen LogP contribution in [-0.2, 0) is 6.54 Å². The quantitative estimate of drug-likeness (QED) is 0.905. The Bertz CT molecular complexity index is 801. The summed E-state index contributed by atoms with van der Waals surface area (Å²) in [7, 11) is 2.18. The Hall–Kier alpha value is -1.69. The Morgan fingerprint density at radius 1 is 1.19 bits per heavy atom. The first-order valence-electron chi connectivity index (χ1n) is 10.2. The van der Waals surface area contributed by atoms with Gasteiger partial charge in [0.2, 0.25) is 0 Å². The average molecular weight is 369 g/mol. The topological polar surface area (TPSA) is 44.5 Å². The molecule has 0 aliphatic carbocycles. The second-order valence-electron chi connectivity index (χ2n) is 8.73. The minimum atomic E-state index is -0.169. The van der Waals surface area contributed by atoms with E-state index in [4.69, 9.17) is 0 Å². The molecule has 1 aromatic heterocycles. The maximum absolute atomic E-state index is 10.7. The maximum Gasteiger partial charge on any atom is 0.0651 e. The molecule has 1 aromatic carbocycles. The van der Waals surface area contributed by atoms with Crippen LogP contribution in [0, 0.1) is 19.3 Å². The summed E-state index contributed by atoms with van der Waals surface area (Å²) in [4.78, 5) is 4.92. The molecule has 2 aromatic rings. The Morgan fingerprint density at radius 2 is 2.04 bits per heavy atom. The Labute approximate surface area is 162 Å². The van der Waals surface area contributed by atoms with E-state index in [2.05, 4.69) is 59.2 Å². The van der Waals surface area contributed by atoms with Gasteiger partial charge in [-0.1, -0.05) is 12.1 Å². The minimum Gasteiger partial charge on any atom is -0.392 e. The number of hydrogen-bond acceptors (Lipinski definition) is 4. The van der Waals surface area contributed by atoms with Crippen LogP contribution in [0.1, 0.15) is 36.2 Å². The molecule has 1 spiro atoms. The number of nitrogens with zero attached hydrogens (tertiary/aromatic N) is 4. The molecule has 4 rings (SSSR count). The lowest BCUT2D eigenvalue weighted by molar-refractivity contribution is -0.0807. The smallest absolute Gasteiger partial charge is 0.0651 e. The van der Waals surface area contributed by atoms with E-state index in [-0.39, 0.29) is 11.5 Å². The van der Waals surface area contributed by atoms with Gasteiger partial charge in [0.1, 0.15) is 0 Å². The molecule has 3 heterocycles. The van der Waals surface area contributed by atoms with Crippen molar-refractivity contribution in [2.75, 3.05) is 33.2 Å². The van der Waals surface area contributed by atoms with Crippen LogP contribution in [0.4, 0.5) is 0 Å². The lowest BCUT2D eigenvalue weighted by Crippen LogP contribution is -2.58. The van der Waals surface area contributed by atoms with Gasteiger partial charge in [-0.15, -0.1) is 0 Å². The van der Waals surface area contributed by atoms with Crippen molar-refractivity contribution in [3.63, 3.8) is 0 Å². The van der Waals surface area contributed by atoms with Crippen molar-refractivity contribution in [1.29, 1.82) is 0 Å². The predicted molar refractivity (Wildman–Crippen MR) is 108 cm³/mol. The molecule has 0 radical (unpaired) electrons. The minimum absolute atomic E-state index is 0.0402. The van der Waals surface area contributed by atoms with Gasteiger partial charge in [-0.2, -0.15) is 5.10 Å². The molecule has 27 heavy (non-hydrogen) atoms. The van der Waals surface area contributed by atoms with E-state index in [0.717, 1.165) is 62.6 Å². The molecule has 2 atom stereocenters. The summed E-state index contributed by atoms with van der Waals surface area (Å²) in [6.45, 7) is 9.19. The molecule has 5 nitrogen and oxygen atoms in total. The lowest BCUT2D eigenvalue weighted by atomic mass is 9.71. The molecule has 0 amide bonds. The van der Waals surface area contributed by atoms with Crippen LogP contribution in [0.25, 0.3) is 5.69 Å². The van der Waals surface area contributed by atoms with Crippen LogP contribution in [0.3, 0.4) is 0 Å². The van der Waals surface area contributed by atoms with Crippen molar-refractivity contribution >= 4 is 0 Å². The van der Waals surface area contributed by atoms with Crippen LogP contribution in [0.15, 0.2) is 30.3 Å². The van der Waals surface area contributed by atoms with Gasteiger partial charge >= 0.3 is 0 Å². The Kier molecular flexibility index (Phi) is 5.10. The number of aryl methyl sites for hydroxylation is 2. The zero-order chi connectivity index (χ0) is 19.0. The number of aromatic nitrogens is 2. The van der Waals surface area contributed by atoms with E-state index < -0.39 is 0 Å². The zero-order valence-electron chi connectivity index (χ0n) is 16.9. The number of rotatable bonds is 3. The first kappa shape index (κ1) is 18.7. The predicted octanol–water partition coefficient (Wildman–Crippen LogP) is 2.77. The number of aliphatic hydroxyl groups excluding tert-OH is 1. The largest absolute Gasteiger partial charge is 0.392 e. The Balaban J connectivity index is 1.51. The van der Waals surface area contributed by atoms with Crippen LogP contribution in [-0.4, -0.2) is 64.0 Å². The van der Waals surface area contributed by atoms with Gasteiger partial charge in [0.05, 0.1) is 17.5 Å². The third-order valence-corrected chi connectivity index (χ3v) is 6.33. The molecular weight excluding hydrogens is 336 g/mol. The summed E-state index contributed by atoms with van der Waals surface area (Å²) < 4.78 is 2.02. The van der Waals surface area contributed by atoms with E-state index in [0.29, 0.717) is 0 Å². The molecule has 2 fully saturated rings. The van der Waals surface area contributed by atoms with Crippen LogP contribution >= 0.6 is 0 Å². The van der Waals surface area contributed by atoms with Gasteiger partial charge < -0.3 is 10.0 Å². The number of aliphatic hydroxyl groups is 1. The standard InChI is InChI=1S/C22H32N4O/c1-17-12-18(2)26(23-17)20-7-4-6-19(13-20)14-25-10-5-9-22(16-25)15-24(3)11-8-21(22)27/h4,6-7,12-13,21,27H,5,8-11,14-16H2,1-3H3/t21-,22-/m0/s1. The molecule has 146 valence electrons. The fraction of sp³-hybridized carbons (Fsp3) is 0.591. The molecule has 2 aliphatic rings. The lowest BCUT2D eigenvalue weighted by Gasteiger charge is -2.50. The molecule has 1 N–H and O–H groups in total. The highest BCUT2D eigenvalue weighted by atomic mass is 16.3. The molecule has 5 heteroatoms. The fourth-order valence-electron chi connectivity index (χ4n) is 5.10. The van der Waals surface area contributed by atoms with Crippen molar-refractivity contribution in [1.82, 2.24) is 19.6 Å². The molecule has 0 saturated carbocycles. The third-order valence-electron chi connectivity index (χ3n) is 6.33. The molecular formula is C22H32N4O. The van der Waals surface area contributed by atoms with E-state index in [1.165, 1.54) is 12.0 Å². The van der Waals surface area contributed by atoms with Crippen LogP contribution in [0.5, 0.6) is 0 Å².